The van der Waals surface area contributed by atoms with Crippen molar-refractivity contribution in [2.75, 3.05) is 13.2 Å². The normalized spacial score (nSPS) is 14.1. The van der Waals surface area contributed by atoms with E-state index in [0.29, 0.717) is 41.8 Å². The molecule has 0 radical (unpaired) electrons. The minimum atomic E-state index is -0.493. The topological polar surface area (TPSA) is 104 Å². The van der Waals surface area contributed by atoms with Crippen molar-refractivity contribution in [3.05, 3.63) is 107 Å². The summed E-state index contributed by atoms with van der Waals surface area (Å²) in [7, 11) is 0. The second-order valence-corrected chi connectivity index (χ2v) is 9.75. The summed E-state index contributed by atoms with van der Waals surface area (Å²) in [5.74, 6) is 1.12. The van der Waals surface area contributed by atoms with Crippen LogP contribution in [0.4, 0.5) is 0 Å². The van der Waals surface area contributed by atoms with Gasteiger partial charge >= 0.3 is 5.97 Å². The zero-order valence-electron chi connectivity index (χ0n) is 23.2. The highest BCUT2D eigenvalue weighted by Gasteiger charge is 2.32. The molecular formula is C34H32N2O5. The van der Waals surface area contributed by atoms with Crippen LogP contribution in [0, 0.1) is 11.3 Å². The molecule has 0 amide bonds. The predicted molar refractivity (Wildman–Crippen MR) is 157 cm³/mol. The third kappa shape index (κ3) is 5.97. The van der Waals surface area contributed by atoms with Crippen LogP contribution in [0.5, 0.6) is 23.0 Å². The van der Waals surface area contributed by atoms with Crippen molar-refractivity contribution in [2.45, 2.75) is 39.0 Å². The summed E-state index contributed by atoms with van der Waals surface area (Å²) in [4.78, 5) is 12.9. The Balaban J connectivity index is 1.42. The molecule has 1 aliphatic rings. The van der Waals surface area contributed by atoms with Gasteiger partial charge in [0.25, 0.3) is 0 Å². The van der Waals surface area contributed by atoms with E-state index < -0.39 is 11.9 Å². The lowest BCUT2D eigenvalue weighted by Crippen LogP contribution is -2.21. The number of hydrogen-bond donors (Lipinski definition) is 1. The quantitative estimate of drug-likeness (QED) is 0.132. The maximum atomic E-state index is 12.9. The maximum absolute atomic E-state index is 12.9. The fraction of sp³-hybridized carbons (Fsp3) is 0.235. The molecule has 0 saturated heterocycles. The summed E-state index contributed by atoms with van der Waals surface area (Å²) in [6.45, 7) is 5.08. The van der Waals surface area contributed by atoms with Gasteiger partial charge in [0.1, 0.15) is 23.1 Å². The Bertz CT molecular complexity index is 1650. The number of ether oxygens (including phenoxy) is 4. The summed E-state index contributed by atoms with van der Waals surface area (Å²) in [5, 5.41) is 12.1. The van der Waals surface area contributed by atoms with E-state index in [1.54, 1.807) is 18.2 Å². The maximum Gasteiger partial charge on any atom is 0.315 e. The summed E-state index contributed by atoms with van der Waals surface area (Å²) < 4.78 is 23.4. The van der Waals surface area contributed by atoms with Gasteiger partial charge in [-0.2, -0.15) is 5.26 Å². The highest BCUT2D eigenvalue weighted by molar-refractivity contribution is 5.89. The minimum absolute atomic E-state index is 0.00506. The van der Waals surface area contributed by atoms with Gasteiger partial charge in [-0.3, -0.25) is 4.79 Å². The Kier molecular flexibility index (Phi) is 8.40. The van der Waals surface area contributed by atoms with E-state index >= 15 is 0 Å². The average molecular weight is 549 g/mol. The molecule has 1 heterocycles. The van der Waals surface area contributed by atoms with Crippen molar-refractivity contribution in [3.63, 3.8) is 0 Å². The van der Waals surface area contributed by atoms with Gasteiger partial charge in [-0.1, -0.05) is 67.9 Å². The SMILES string of the molecule is CCCCOc1ccc(C2C(C#N)=C(N)Oc3cc(OC(=O)Cc4cccc5ccccc45)ccc32)cc1OCC. The van der Waals surface area contributed by atoms with Crippen molar-refractivity contribution < 1.29 is 23.7 Å². The Morgan fingerprint density at radius 1 is 0.976 bits per heavy atom. The first-order chi connectivity index (χ1) is 20.0. The lowest BCUT2D eigenvalue weighted by atomic mass is 9.83. The predicted octanol–water partition coefficient (Wildman–Crippen LogP) is 6.78. The first kappa shape index (κ1) is 27.6. The molecule has 7 heteroatoms. The number of allylic oxidation sites excluding steroid dienone is 1. The van der Waals surface area contributed by atoms with E-state index in [9.17, 15) is 10.1 Å². The van der Waals surface area contributed by atoms with Crippen LogP contribution in [0.3, 0.4) is 0 Å². The van der Waals surface area contributed by atoms with E-state index in [0.717, 1.165) is 40.3 Å². The summed E-state index contributed by atoms with van der Waals surface area (Å²) in [6, 6.07) is 26.8. The van der Waals surface area contributed by atoms with Gasteiger partial charge in [-0.25, -0.2) is 0 Å². The highest BCUT2D eigenvalue weighted by Crippen LogP contribution is 2.45. The smallest absolute Gasteiger partial charge is 0.315 e. The minimum Gasteiger partial charge on any atom is -0.490 e. The van der Waals surface area contributed by atoms with Gasteiger partial charge in [-0.05, 0) is 53.4 Å². The number of esters is 1. The zero-order valence-corrected chi connectivity index (χ0v) is 23.2. The van der Waals surface area contributed by atoms with Gasteiger partial charge < -0.3 is 24.7 Å². The van der Waals surface area contributed by atoms with Crippen LogP contribution in [0.1, 0.15) is 49.3 Å². The van der Waals surface area contributed by atoms with Gasteiger partial charge in [0.15, 0.2) is 11.5 Å². The molecule has 0 saturated carbocycles. The molecule has 1 atom stereocenters. The summed E-state index contributed by atoms with van der Waals surface area (Å²) >= 11 is 0. The molecule has 0 aromatic heterocycles. The van der Waals surface area contributed by atoms with Gasteiger partial charge in [0, 0.05) is 11.6 Å². The third-order valence-corrected chi connectivity index (χ3v) is 6.99. The first-order valence-corrected chi connectivity index (χ1v) is 13.8. The largest absolute Gasteiger partial charge is 0.490 e. The van der Waals surface area contributed by atoms with E-state index in [1.165, 1.54) is 0 Å². The number of hydrogen-bond acceptors (Lipinski definition) is 7. The van der Waals surface area contributed by atoms with Crippen LogP contribution in [0.15, 0.2) is 90.3 Å². The average Bonchev–Trinajstić information content (AvgIpc) is 2.97. The zero-order chi connectivity index (χ0) is 28.8. The molecule has 208 valence electrons. The molecule has 0 aliphatic carbocycles. The number of nitrogens with two attached hydrogens (primary N) is 1. The van der Waals surface area contributed by atoms with Gasteiger partial charge in [-0.15, -0.1) is 0 Å². The van der Waals surface area contributed by atoms with Crippen molar-refractivity contribution in [2.24, 2.45) is 5.73 Å². The van der Waals surface area contributed by atoms with Crippen molar-refractivity contribution in [1.82, 2.24) is 0 Å². The third-order valence-electron chi connectivity index (χ3n) is 6.99. The highest BCUT2D eigenvalue weighted by atomic mass is 16.5. The van der Waals surface area contributed by atoms with E-state index in [1.807, 2.05) is 67.6 Å². The fourth-order valence-electron chi connectivity index (χ4n) is 5.03. The molecule has 4 aromatic rings. The molecule has 0 fully saturated rings. The Morgan fingerprint density at radius 3 is 2.61 bits per heavy atom. The second kappa shape index (κ2) is 12.5. The number of nitriles is 1. The summed E-state index contributed by atoms with van der Waals surface area (Å²) in [6.07, 6.45) is 2.08. The van der Waals surface area contributed by atoms with Crippen LogP contribution in [-0.2, 0) is 11.2 Å². The molecule has 41 heavy (non-hydrogen) atoms. The van der Waals surface area contributed by atoms with Crippen molar-refractivity contribution in [3.8, 4) is 29.1 Å². The number of fused-ring (bicyclic) bond motifs is 2. The summed E-state index contributed by atoms with van der Waals surface area (Å²) in [5.41, 5.74) is 8.93. The number of rotatable bonds is 10. The van der Waals surface area contributed by atoms with Crippen LogP contribution in [0.2, 0.25) is 0 Å². The monoisotopic (exact) mass is 548 g/mol. The van der Waals surface area contributed by atoms with Crippen molar-refractivity contribution >= 4 is 16.7 Å². The lowest BCUT2D eigenvalue weighted by molar-refractivity contribution is -0.133. The molecule has 2 N–H and O–H groups in total. The lowest BCUT2D eigenvalue weighted by Gasteiger charge is -2.27. The first-order valence-electron chi connectivity index (χ1n) is 13.8. The second-order valence-electron chi connectivity index (χ2n) is 9.75. The Labute approximate surface area is 239 Å². The Morgan fingerprint density at radius 2 is 1.80 bits per heavy atom. The van der Waals surface area contributed by atoms with E-state index in [2.05, 4.69) is 13.0 Å². The van der Waals surface area contributed by atoms with Crippen LogP contribution in [-0.4, -0.2) is 19.2 Å². The number of nitrogens with zero attached hydrogens (tertiary/aromatic N) is 1. The number of benzene rings is 4. The fourth-order valence-corrected chi connectivity index (χ4v) is 5.03. The molecule has 1 aliphatic heterocycles. The molecular weight excluding hydrogens is 516 g/mol. The van der Waals surface area contributed by atoms with E-state index in [4.69, 9.17) is 24.7 Å². The van der Waals surface area contributed by atoms with Crippen LogP contribution < -0.4 is 24.7 Å². The molecule has 4 aromatic carbocycles. The number of unbranched alkanes of at least 4 members (excludes halogenated alkanes) is 1. The van der Waals surface area contributed by atoms with Gasteiger partial charge in [0.05, 0.1) is 25.6 Å². The number of carbonyl (C=O) groups excluding carboxylic acids is 1. The van der Waals surface area contributed by atoms with Crippen LogP contribution >= 0.6 is 0 Å². The van der Waals surface area contributed by atoms with E-state index in [-0.39, 0.29) is 12.3 Å². The number of carbonyl (C=O) groups is 1. The molecule has 5 rings (SSSR count). The molecule has 0 bridgehead atoms. The molecule has 7 nitrogen and oxygen atoms in total. The molecule has 0 spiro atoms. The molecule has 1 unspecified atom stereocenters. The van der Waals surface area contributed by atoms with Crippen LogP contribution in [0.25, 0.3) is 10.8 Å². The standard InChI is InChI=1S/C34H32N2O5/c1-3-5-17-39-29-16-13-24(18-31(29)38-4-2)33-27-15-14-25(20-30(27)41-34(36)28(33)21-35)40-32(37)19-23-11-8-10-22-9-6-7-12-26(22)23/h6-16,18,20,33H,3-5,17,19,36H2,1-2H3. The van der Waals surface area contributed by atoms with Crippen molar-refractivity contribution in [1.29, 1.82) is 5.26 Å². The Hall–Kier alpha value is -4.96. The van der Waals surface area contributed by atoms with Gasteiger partial charge in [0.2, 0.25) is 5.88 Å².